The zero-order chi connectivity index (χ0) is 14.2. The van der Waals surface area contributed by atoms with E-state index in [1.165, 1.54) is 19.0 Å². The standard InChI is InChI=1S/C12H13F3N2O2/c1-17(2)11(18)10-8(19-7-3-4-7)5-6-9(16-10)12(13,14)15/h5-7H,3-4H2,1-2H3. The molecule has 1 heterocycles. The van der Waals surface area contributed by atoms with Crippen molar-refractivity contribution in [2.75, 3.05) is 14.1 Å². The van der Waals surface area contributed by atoms with Crippen LogP contribution in [-0.2, 0) is 6.18 Å². The van der Waals surface area contributed by atoms with Gasteiger partial charge in [0.05, 0.1) is 6.10 Å². The molecule has 104 valence electrons. The summed E-state index contributed by atoms with van der Waals surface area (Å²) in [5, 5.41) is 0. The topological polar surface area (TPSA) is 42.4 Å². The molecular weight excluding hydrogens is 261 g/mol. The lowest BCUT2D eigenvalue weighted by Crippen LogP contribution is -2.25. The van der Waals surface area contributed by atoms with Gasteiger partial charge in [-0.05, 0) is 25.0 Å². The first-order valence-corrected chi connectivity index (χ1v) is 5.75. The number of hydrogen-bond donors (Lipinski definition) is 0. The van der Waals surface area contributed by atoms with Crippen LogP contribution in [0.15, 0.2) is 12.1 Å². The molecule has 1 aliphatic rings. The van der Waals surface area contributed by atoms with Crippen LogP contribution in [0, 0.1) is 0 Å². The van der Waals surface area contributed by atoms with Gasteiger partial charge in [0.25, 0.3) is 5.91 Å². The maximum Gasteiger partial charge on any atom is 0.433 e. The third-order valence-corrected chi connectivity index (χ3v) is 2.58. The Bertz CT molecular complexity index is 496. The molecule has 1 fully saturated rings. The van der Waals surface area contributed by atoms with Crippen LogP contribution in [0.1, 0.15) is 29.0 Å². The molecule has 1 saturated carbocycles. The van der Waals surface area contributed by atoms with Gasteiger partial charge in [-0.15, -0.1) is 0 Å². The third kappa shape index (κ3) is 3.15. The smallest absolute Gasteiger partial charge is 0.433 e. The molecule has 0 bridgehead atoms. The molecule has 0 aliphatic heterocycles. The van der Waals surface area contributed by atoms with Crippen LogP contribution in [0.5, 0.6) is 5.75 Å². The first-order chi connectivity index (χ1) is 8.79. The minimum atomic E-state index is -4.58. The number of carbonyl (C=O) groups is 1. The lowest BCUT2D eigenvalue weighted by molar-refractivity contribution is -0.141. The highest BCUT2D eigenvalue weighted by atomic mass is 19.4. The quantitative estimate of drug-likeness (QED) is 0.849. The van der Waals surface area contributed by atoms with Gasteiger partial charge in [-0.2, -0.15) is 13.2 Å². The summed E-state index contributed by atoms with van der Waals surface area (Å²) in [4.78, 5) is 16.4. The Labute approximate surface area is 108 Å². The second kappa shape index (κ2) is 4.71. The van der Waals surface area contributed by atoms with E-state index >= 15 is 0 Å². The maximum atomic E-state index is 12.6. The highest BCUT2D eigenvalue weighted by Crippen LogP contribution is 2.33. The molecule has 1 aromatic rings. The van der Waals surface area contributed by atoms with Gasteiger partial charge in [-0.1, -0.05) is 0 Å². The summed E-state index contributed by atoms with van der Waals surface area (Å²) in [5.74, 6) is -0.504. The largest absolute Gasteiger partial charge is 0.488 e. The van der Waals surface area contributed by atoms with Crippen molar-refractivity contribution in [3.05, 3.63) is 23.5 Å². The van der Waals surface area contributed by atoms with Gasteiger partial charge in [0.2, 0.25) is 0 Å². The van der Waals surface area contributed by atoms with Gasteiger partial charge in [-0.25, -0.2) is 4.98 Å². The third-order valence-electron chi connectivity index (χ3n) is 2.58. The van der Waals surface area contributed by atoms with E-state index in [0.29, 0.717) is 0 Å². The zero-order valence-corrected chi connectivity index (χ0v) is 10.5. The van der Waals surface area contributed by atoms with Crippen molar-refractivity contribution in [3.8, 4) is 5.75 Å². The number of amides is 1. The predicted molar refractivity (Wildman–Crippen MR) is 60.9 cm³/mol. The summed E-state index contributed by atoms with van der Waals surface area (Å²) in [7, 11) is 2.90. The van der Waals surface area contributed by atoms with Crippen LogP contribution >= 0.6 is 0 Å². The minimum absolute atomic E-state index is 0.0211. The fourth-order valence-corrected chi connectivity index (χ4v) is 1.43. The summed E-state index contributed by atoms with van der Waals surface area (Å²) >= 11 is 0. The van der Waals surface area contributed by atoms with Crippen LogP contribution in [0.3, 0.4) is 0 Å². The van der Waals surface area contributed by atoms with Crippen LogP contribution in [0.4, 0.5) is 13.2 Å². The van der Waals surface area contributed by atoms with Crippen molar-refractivity contribution < 1.29 is 22.7 Å². The average Bonchev–Trinajstić information content (AvgIpc) is 3.11. The normalized spacial score (nSPS) is 15.2. The van der Waals surface area contributed by atoms with Crippen molar-refractivity contribution in [3.63, 3.8) is 0 Å². The summed E-state index contributed by atoms with van der Waals surface area (Å²) < 4.78 is 43.3. The van der Waals surface area contributed by atoms with E-state index < -0.39 is 17.8 Å². The monoisotopic (exact) mass is 274 g/mol. The number of hydrogen-bond acceptors (Lipinski definition) is 3. The molecule has 1 aliphatic carbocycles. The Morgan fingerprint density at radius 3 is 2.47 bits per heavy atom. The Balaban J connectivity index is 2.40. The average molecular weight is 274 g/mol. The van der Waals surface area contributed by atoms with Crippen LogP contribution in [0.25, 0.3) is 0 Å². The number of ether oxygens (including phenoxy) is 1. The summed E-state index contributed by atoms with van der Waals surface area (Å²) in [5.41, 5.74) is -1.40. The van der Waals surface area contributed by atoms with Crippen LogP contribution in [0.2, 0.25) is 0 Å². The second-order valence-electron chi connectivity index (χ2n) is 4.56. The molecule has 0 atom stereocenters. The van der Waals surface area contributed by atoms with E-state index in [4.69, 9.17) is 4.74 Å². The number of alkyl halides is 3. The number of rotatable bonds is 3. The molecule has 1 amide bonds. The van der Waals surface area contributed by atoms with Gasteiger partial charge >= 0.3 is 6.18 Å². The van der Waals surface area contributed by atoms with Crippen molar-refractivity contribution in [1.29, 1.82) is 0 Å². The summed E-state index contributed by atoms with van der Waals surface area (Å²) in [6.45, 7) is 0. The van der Waals surface area contributed by atoms with Crippen molar-refractivity contribution in [2.24, 2.45) is 0 Å². The van der Waals surface area contributed by atoms with E-state index in [9.17, 15) is 18.0 Å². The van der Waals surface area contributed by atoms with Gasteiger partial charge in [0.15, 0.2) is 11.4 Å². The lowest BCUT2D eigenvalue weighted by atomic mass is 10.2. The summed E-state index contributed by atoms with van der Waals surface area (Å²) in [6, 6.07) is 1.98. The zero-order valence-electron chi connectivity index (χ0n) is 10.5. The van der Waals surface area contributed by atoms with Crippen molar-refractivity contribution in [2.45, 2.75) is 25.1 Å². The molecule has 0 N–H and O–H groups in total. The number of pyridine rings is 1. The molecule has 1 aromatic heterocycles. The fourth-order valence-electron chi connectivity index (χ4n) is 1.43. The Morgan fingerprint density at radius 1 is 1.37 bits per heavy atom. The van der Waals surface area contributed by atoms with Gasteiger partial charge in [0.1, 0.15) is 5.69 Å². The van der Waals surface area contributed by atoms with E-state index in [0.717, 1.165) is 25.0 Å². The van der Waals surface area contributed by atoms with Gasteiger partial charge in [0, 0.05) is 14.1 Å². The first kappa shape index (κ1) is 13.6. The van der Waals surface area contributed by atoms with Crippen molar-refractivity contribution >= 4 is 5.91 Å². The van der Waals surface area contributed by atoms with Gasteiger partial charge in [-0.3, -0.25) is 4.79 Å². The van der Waals surface area contributed by atoms with Crippen LogP contribution in [-0.4, -0.2) is 36.0 Å². The molecule has 0 aromatic carbocycles. The number of halogens is 3. The number of aromatic nitrogens is 1. The number of nitrogens with zero attached hydrogens (tertiary/aromatic N) is 2. The molecule has 2 rings (SSSR count). The molecule has 4 nitrogen and oxygen atoms in total. The molecule has 19 heavy (non-hydrogen) atoms. The highest BCUT2D eigenvalue weighted by Gasteiger charge is 2.35. The fraction of sp³-hybridized carbons (Fsp3) is 0.500. The molecule has 0 spiro atoms. The van der Waals surface area contributed by atoms with E-state index in [-0.39, 0.29) is 17.5 Å². The van der Waals surface area contributed by atoms with E-state index in [2.05, 4.69) is 4.98 Å². The number of carbonyl (C=O) groups excluding carboxylic acids is 1. The SMILES string of the molecule is CN(C)C(=O)c1nc(C(F)(F)F)ccc1OC1CC1. The maximum absolute atomic E-state index is 12.6. The molecule has 0 radical (unpaired) electrons. The van der Waals surface area contributed by atoms with Crippen molar-refractivity contribution in [1.82, 2.24) is 9.88 Å². The Kier molecular flexibility index (Phi) is 3.38. The second-order valence-corrected chi connectivity index (χ2v) is 4.56. The molecule has 0 unspecified atom stereocenters. The minimum Gasteiger partial charge on any atom is -0.488 e. The highest BCUT2D eigenvalue weighted by molar-refractivity contribution is 5.94. The summed E-state index contributed by atoms with van der Waals surface area (Å²) in [6.07, 6.45) is -2.92. The van der Waals surface area contributed by atoms with E-state index in [1.807, 2.05) is 0 Å². The Hall–Kier alpha value is -1.79. The molecular formula is C12H13F3N2O2. The van der Waals surface area contributed by atoms with Crippen LogP contribution < -0.4 is 4.74 Å². The molecule has 0 saturated heterocycles. The first-order valence-electron chi connectivity index (χ1n) is 5.75. The van der Waals surface area contributed by atoms with E-state index in [1.54, 1.807) is 0 Å². The van der Waals surface area contributed by atoms with Gasteiger partial charge < -0.3 is 9.64 Å². The predicted octanol–water partition coefficient (Wildman–Crippen LogP) is 2.34. The lowest BCUT2D eigenvalue weighted by Gasteiger charge is -2.15. The Morgan fingerprint density at radius 2 is 2.00 bits per heavy atom. The molecule has 7 heteroatoms.